The van der Waals surface area contributed by atoms with Crippen molar-refractivity contribution in [2.45, 2.75) is 26.9 Å². The predicted octanol–water partition coefficient (Wildman–Crippen LogP) is 2.58. The molecule has 0 spiro atoms. The highest BCUT2D eigenvalue weighted by molar-refractivity contribution is 9.09. The van der Waals surface area contributed by atoms with E-state index in [0.717, 1.165) is 11.3 Å². The Kier molecular flexibility index (Phi) is 5.48. The van der Waals surface area contributed by atoms with Gasteiger partial charge < -0.3 is 10.1 Å². The maximum absolute atomic E-state index is 11.1. The van der Waals surface area contributed by atoms with Crippen LogP contribution in [0.1, 0.15) is 18.1 Å². The van der Waals surface area contributed by atoms with Crippen LogP contribution in [-0.2, 0) is 4.79 Å². The van der Waals surface area contributed by atoms with E-state index in [9.17, 15) is 4.79 Å². The van der Waals surface area contributed by atoms with E-state index in [-0.39, 0.29) is 12.0 Å². The van der Waals surface area contributed by atoms with Crippen LogP contribution in [0.5, 0.6) is 5.75 Å². The summed E-state index contributed by atoms with van der Waals surface area (Å²) in [5.74, 6) is 0.854. The molecule has 4 heteroatoms. The number of amides is 1. The molecule has 1 N–H and O–H groups in total. The van der Waals surface area contributed by atoms with Gasteiger partial charge in [0, 0.05) is 0 Å². The molecule has 0 heterocycles. The Morgan fingerprint density at radius 3 is 2.82 bits per heavy atom. The van der Waals surface area contributed by atoms with Crippen molar-refractivity contribution in [3.05, 3.63) is 29.3 Å². The van der Waals surface area contributed by atoms with Gasteiger partial charge >= 0.3 is 0 Å². The van der Waals surface area contributed by atoms with E-state index in [2.05, 4.69) is 34.2 Å². The van der Waals surface area contributed by atoms with Crippen molar-refractivity contribution in [1.82, 2.24) is 5.32 Å². The topological polar surface area (TPSA) is 38.3 Å². The maximum atomic E-state index is 11.1. The molecule has 0 saturated carbocycles. The summed E-state index contributed by atoms with van der Waals surface area (Å²) in [6.45, 7) is 6.54. The fourth-order valence-electron chi connectivity index (χ4n) is 1.42. The standard InChI is InChI=1S/C13H18BrNO2/c1-9-5-4-6-12(11(9)3)17-10(2)8-15-13(16)7-14/h4-6,10H,7-8H2,1-3H3,(H,15,16). The number of aryl methyl sites for hydroxylation is 1. The van der Waals surface area contributed by atoms with Crippen molar-refractivity contribution >= 4 is 21.8 Å². The average molecular weight is 300 g/mol. The number of nitrogens with one attached hydrogen (secondary N) is 1. The quantitative estimate of drug-likeness (QED) is 0.849. The first-order valence-corrected chi connectivity index (χ1v) is 6.72. The van der Waals surface area contributed by atoms with Gasteiger partial charge in [0.25, 0.3) is 0 Å². The number of hydrogen-bond donors (Lipinski definition) is 1. The van der Waals surface area contributed by atoms with Gasteiger partial charge in [-0.25, -0.2) is 0 Å². The lowest BCUT2D eigenvalue weighted by Crippen LogP contribution is -2.34. The molecule has 1 amide bonds. The van der Waals surface area contributed by atoms with Gasteiger partial charge in [0.2, 0.25) is 5.91 Å². The summed E-state index contributed by atoms with van der Waals surface area (Å²) in [7, 11) is 0. The Labute approximate surface area is 111 Å². The number of hydrogen-bond acceptors (Lipinski definition) is 2. The highest BCUT2D eigenvalue weighted by atomic mass is 79.9. The third-order valence-corrected chi connectivity index (χ3v) is 3.10. The van der Waals surface area contributed by atoms with Crippen molar-refractivity contribution in [1.29, 1.82) is 0 Å². The molecule has 1 aromatic carbocycles. The summed E-state index contributed by atoms with van der Waals surface area (Å²) >= 11 is 3.10. The minimum Gasteiger partial charge on any atom is -0.489 e. The van der Waals surface area contributed by atoms with Gasteiger partial charge in [-0.15, -0.1) is 0 Å². The van der Waals surface area contributed by atoms with Crippen LogP contribution >= 0.6 is 15.9 Å². The minimum atomic E-state index is -0.0431. The lowest BCUT2D eigenvalue weighted by molar-refractivity contribution is -0.118. The number of ether oxygens (including phenoxy) is 1. The molecule has 1 rings (SSSR count). The number of rotatable bonds is 5. The molecule has 0 radical (unpaired) electrons. The Morgan fingerprint density at radius 1 is 1.47 bits per heavy atom. The van der Waals surface area contributed by atoms with E-state index in [1.54, 1.807) is 0 Å². The number of alkyl halides is 1. The first-order chi connectivity index (χ1) is 8.04. The van der Waals surface area contributed by atoms with Gasteiger partial charge in [-0.2, -0.15) is 0 Å². The largest absolute Gasteiger partial charge is 0.489 e. The molecule has 0 aromatic heterocycles. The van der Waals surface area contributed by atoms with Gasteiger partial charge in [0.15, 0.2) is 0 Å². The van der Waals surface area contributed by atoms with Gasteiger partial charge in [-0.1, -0.05) is 28.1 Å². The van der Waals surface area contributed by atoms with Gasteiger partial charge in [0.05, 0.1) is 11.9 Å². The molecule has 94 valence electrons. The van der Waals surface area contributed by atoms with Crippen molar-refractivity contribution < 1.29 is 9.53 Å². The molecule has 3 nitrogen and oxygen atoms in total. The lowest BCUT2D eigenvalue weighted by Gasteiger charge is -2.17. The van der Waals surface area contributed by atoms with E-state index in [1.807, 2.05) is 26.0 Å². The molecule has 17 heavy (non-hydrogen) atoms. The van der Waals surface area contributed by atoms with Crippen LogP contribution in [0.3, 0.4) is 0 Å². The molecule has 0 aliphatic rings. The number of carbonyl (C=O) groups is 1. The van der Waals surface area contributed by atoms with Gasteiger partial charge in [-0.3, -0.25) is 4.79 Å². The van der Waals surface area contributed by atoms with Crippen LogP contribution < -0.4 is 10.1 Å². The van der Waals surface area contributed by atoms with Crippen molar-refractivity contribution in [2.24, 2.45) is 0 Å². The molecular formula is C13H18BrNO2. The Bertz CT molecular complexity index is 393. The van der Waals surface area contributed by atoms with Crippen molar-refractivity contribution in [2.75, 3.05) is 11.9 Å². The SMILES string of the molecule is Cc1cccc(OC(C)CNC(=O)CBr)c1C. The monoisotopic (exact) mass is 299 g/mol. The second-order valence-corrected chi connectivity index (χ2v) is 4.62. The Hall–Kier alpha value is -1.03. The average Bonchev–Trinajstić information content (AvgIpc) is 2.32. The molecule has 0 aliphatic carbocycles. The fourth-order valence-corrected chi connectivity index (χ4v) is 1.61. The zero-order chi connectivity index (χ0) is 12.8. The summed E-state index contributed by atoms with van der Waals surface area (Å²) in [6.07, 6.45) is -0.0431. The first kappa shape index (κ1) is 14.0. The van der Waals surface area contributed by atoms with Crippen LogP contribution in [0.15, 0.2) is 18.2 Å². The lowest BCUT2D eigenvalue weighted by atomic mass is 10.1. The van der Waals surface area contributed by atoms with Crippen LogP contribution in [0.2, 0.25) is 0 Å². The summed E-state index contributed by atoms with van der Waals surface area (Å²) in [5.41, 5.74) is 2.35. The number of carbonyl (C=O) groups excluding carboxylic acids is 1. The Morgan fingerprint density at radius 2 is 2.18 bits per heavy atom. The third kappa shape index (κ3) is 4.38. The highest BCUT2D eigenvalue weighted by Crippen LogP contribution is 2.21. The van der Waals surface area contributed by atoms with Gasteiger partial charge in [-0.05, 0) is 38.0 Å². The molecule has 1 atom stereocenters. The molecule has 1 unspecified atom stereocenters. The molecule has 0 bridgehead atoms. The zero-order valence-corrected chi connectivity index (χ0v) is 12.0. The van der Waals surface area contributed by atoms with E-state index >= 15 is 0 Å². The van der Waals surface area contributed by atoms with Crippen molar-refractivity contribution in [3.8, 4) is 5.75 Å². The van der Waals surface area contributed by atoms with E-state index in [4.69, 9.17) is 4.74 Å². The van der Waals surface area contributed by atoms with Crippen LogP contribution in [0.4, 0.5) is 0 Å². The van der Waals surface area contributed by atoms with Crippen LogP contribution in [-0.4, -0.2) is 23.9 Å². The first-order valence-electron chi connectivity index (χ1n) is 5.60. The predicted molar refractivity (Wildman–Crippen MR) is 72.8 cm³/mol. The smallest absolute Gasteiger partial charge is 0.230 e. The maximum Gasteiger partial charge on any atom is 0.230 e. The van der Waals surface area contributed by atoms with E-state index < -0.39 is 0 Å². The summed E-state index contributed by atoms with van der Waals surface area (Å²) in [4.78, 5) is 11.1. The molecule has 0 fully saturated rings. The fraction of sp³-hybridized carbons (Fsp3) is 0.462. The minimum absolute atomic E-state index is 0.0265. The zero-order valence-electron chi connectivity index (χ0n) is 10.4. The second-order valence-electron chi connectivity index (χ2n) is 4.06. The summed E-state index contributed by atoms with van der Waals surface area (Å²) in [5, 5.41) is 3.10. The molecule has 1 aromatic rings. The molecular weight excluding hydrogens is 282 g/mol. The van der Waals surface area contributed by atoms with E-state index in [1.165, 1.54) is 5.56 Å². The third-order valence-electron chi connectivity index (χ3n) is 2.59. The van der Waals surface area contributed by atoms with Crippen LogP contribution in [0, 0.1) is 13.8 Å². The van der Waals surface area contributed by atoms with Crippen LogP contribution in [0.25, 0.3) is 0 Å². The van der Waals surface area contributed by atoms with E-state index in [0.29, 0.717) is 11.9 Å². The van der Waals surface area contributed by atoms with Gasteiger partial charge in [0.1, 0.15) is 11.9 Å². The highest BCUT2D eigenvalue weighted by Gasteiger charge is 2.08. The summed E-state index contributed by atoms with van der Waals surface area (Å²) in [6, 6.07) is 5.98. The summed E-state index contributed by atoms with van der Waals surface area (Å²) < 4.78 is 5.79. The molecule has 0 saturated heterocycles. The number of benzene rings is 1. The normalized spacial score (nSPS) is 12.0. The van der Waals surface area contributed by atoms with Crippen molar-refractivity contribution in [3.63, 3.8) is 0 Å². The Balaban J connectivity index is 2.53. The number of halogens is 1. The molecule has 0 aliphatic heterocycles. The second kappa shape index (κ2) is 6.64.